The fourth-order valence-corrected chi connectivity index (χ4v) is 3.71. The molecule has 0 aliphatic carbocycles. The smallest absolute Gasteiger partial charge is 0.330 e. The van der Waals surface area contributed by atoms with Gasteiger partial charge in [0.2, 0.25) is 0 Å². The van der Waals surface area contributed by atoms with E-state index < -0.39 is 36.3 Å². The minimum Gasteiger partial charge on any atom is -0.497 e. The van der Waals surface area contributed by atoms with E-state index >= 15 is 0 Å². The highest BCUT2D eigenvalue weighted by atomic mass is 16.5. The van der Waals surface area contributed by atoms with Crippen LogP contribution < -0.4 is 10.1 Å². The Balaban J connectivity index is 1.48. The van der Waals surface area contributed by atoms with Gasteiger partial charge in [-0.15, -0.1) is 0 Å². The van der Waals surface area contributed by atoms with Crippen molar-refractivity contribution in [3.8, 4) is 5.75 Å². The zero-order valence-corrected chi connectivity index (χ0v) is 18.4. The average molecular weight is 458 g/mol. The molecule has 8 nitrogen and oxygen atoms in total. The predicted octanol–water partition coefficient (Wildman–Crippen LogP) is 3.08. The number of methoxy groups -OCH3 is 1. The number of rotatable bonds is 8. The van der Waals surface area contributed by atoms with Crippen LogP contribution in [0, 0.1) is 0 Å². The maximum absolute atomic E-state index is 13.1. The first-order chi connectivity index (χ1) is 16.5. The molecule has 3 aromatic carbocycles. The number of anilines is 1. The number of fused-ring (bicyclic) bond motifs is 1. The van der Waals surface area contributed by atoms with Crippen molar-refractivity contribution in [1.82, 2.24) is 4.90 Å². The maximum Gasteiger partial charge on any atom is 0.330 e. The molecule has 3 amide bonds. The van der Waals surface area contributed by atoms with E-state index in [0.29, 0.717) is 11.4 Å². The SMILES string of the molecule is COc1ccc(NC(=O)COC(=O)[C@@H](Cc2ccccc2)N2C(=O)c3ccccc3C2=O)cc1. The third-order valence-corrected chi connectivity index (χ3v) is 5.40. The molecule has 3 aromatic rings. The first kappa shape index (κ1) is 22.7. The molecule has 0 spiro atoms. The van der Waals surface area contributed by atoms with Gasteiger partial charge in [-0.2, -0.15) is 0 Å². The molecule has 8 heteroatoms. The fourth-order valence-electron chi connectivity index (χ4n) is 3.71. The van der Waals surface area contributed by atoms with Gasteiger partial charge >= 0.3 is 5.97 Å². The molecule has 172 valence electrons. The summed E-state index contributed by atoms with van der Waals surface area (Å²) in [5, 5.41) is 2.62. The summed E-state index contributed by atoms with van der Waals surface area (Å²) in [7, 11) is 1.53. The van der Waals surface area contributed by atoms with Gasteiger partial charge in [-0.3, -0.25) is 19.3 Å². The van der Waals surface area contributed by atoms with E-state index in [1.165, 1.54) is 7.11 Å². The molecule has 0 fully saturated rings. The van der Waals surface area contributed by atoms with Gasteiger partial charge in [0.05, 0.1) is 18.2 Å². The Hall–Kier alpha value is -4.46. The van der Waals surface area contributed by atoms with Crippen LogP contribution in [0.3, 0.4) is 0 Å². The van der Waals surface area contributed by atoms with Crippen LogP contribution >= 0.6 is 0 Å². The van der Waals surface area contributed by atoms with E-state index in [0.717, 1.165) is 10.5 Å². The third kappa shape index (κ3) is 4.80. The Kier molecular flexibility index (Phi) is 6.68. The lowest BCUT2D eigenvalue weighted by Crippen LogP contribution is -2.47. The van der Waals surface area contributed by atoms with Crippen LogP contribution in [0.5, 0.6) is 5.75 Å². The lowest BCUT2D eigenvalue weighted by atomic mass is 10.0. The Morgan fingerprint density at radius 3 is 2.03 bits per heavy atom. The van der Waals surface area contributed by atoms with Crippen LogP contribution in [-0.4, -0.2) is 48.3 Å². The summed E-state index contributed by atoms with van der Waals surface area (Å²) in [6, 6.07) is 20.8. The highest BCUT2D eigenvalue weighted by Crippen LogP contribution is 2.26. The predicted molar refractivity (Wildman–Crippen MR) is 123 cm³/mol. The highest BCUT2D eigenvalue weighted by molar-refractivity contribution is 6.22. The molecule has 1 heterocycles. The van der Waals surface area contributed by atoms with Gasteiger partial charge in [-0.05, 0) is 42.0 Å². The normalized spacial score (nSPS) is 13.3. The van der Waals surface area contributed by atoms with Gasteiger partial charge in [0, 0.05) is 12.1 Å². The van der Waals surface area contributed by atoms with Gasteiger partial charge < -0.3 is 14.8 Å². The minimum atomic E-state index is -1.22. The summed E-state index contributed by atoms with van der Waals surface area (Å²) < 4.78 is 10.3. The summed E-state index contributed by atoms with van der Waals surface area (Å²) in [5.74, 6) is -1.90. The molecule has 4 rings (SSSR count). The Labute approximate surface area is 196 Å². The number of hydrogen-bond acceptors (Lipinski definition) is 6. The largest absolute Gasteiger partial charge is 0.497 e. The Morgan fingerprint density at radius 1 is 0.853 bits per heavy atom. The standard InChI is InChI=1S/C26H22N2O6/c1-33-19-13-11-18(12-14-19)27-23(29)16-34-26(32)22(15-17-7-3-2-4-8-17)28-24(30)20-9-5-6-10-21(20)25(28)31/h2-14,22H,15-16H2,1H3,(H,27,29)/t22-/m1/s1. The summed E-state index contributed by atoms with van der Waals surface area (Å²) in [5.41, 5.74) is 1.71. The van der Waals surface area contributed by atoms with Gasteiger partial charge in [-0.25, -0.2) is 4.79 Å². The Morgan fingerprint density at radius 2 is 1.44 bits per heavy atom. The molecule has 1 N–H and O–H groups in total. The third-order valence-electron chi connectivity index (χ3n) is 5.40. The van der Waals surface area contributed by atoms with Crippen LogP contribution in [-0.2, 0) is 20.7 Å². The molecule has 0 saturated carbocycles. The van der Waals surface area contributed by atoms with Gasteiger partial charge in [0.25, 0.3) is 17.7 Å². The van der Waals surface area contributed by atoms with E-state index in [2.05, 4.69) is 5.32 Å². The molecule has 0 aromatic heterocycles. The number of hydrogen-bond donors (Lipinski definition) is 1. The van der Waals surface area contributed by atoms with Crippen molar-refractivity contribution in [3.05, 3.63) is 95.6 Å². The molecule has 0 radical (unpaired) electrons. The molecule has 0 bridgehead atoms. The number of esters is 1. The molecule has 1 atom stereocenters. The van der Waals surface area contributed by atoms with Crippen molar-refractivity contribution in [2.24, 2.45) is 0 Å². The summed E-state index contributed by atoms with van der Waals surface area (Å²) in [4.78, 5) is 52.2. The second kappa shape index (κ2) is 9.99. The second-order valence-corrected chi connectivity index (χ2v) is 7.62. The molecular weight excluding hydrogens is 436 g/mol. The van der Waals surface area contributed by atoms with Crippen LogP contribution in [0.25, 0.3) is 0 Å². The van der Waals surface area contributed by atoms with E-state index in [4.69, 9.17) is 9.47 Å². The lowest BCUT2D eigenvalue weighted by molar-refractivity contribution is -0.151. The first-order valence-electron chi connectivity index (χ1n) is 10.6. The van der Waals surface area contributed by atoms with E-state index in [1.807, 2.05) is 6.07 Å². The zero-order chi connectivity index (χ0) is 24.1. The van der Waals surface area contributed by atoms with Crippen molar-refractivity contribution in [2.45, 2.75) is 12.5 Å². The fraction of sp³-hybridized carbons (Fsp3) is 0.154. The van der Waals surface area contributed by atoms with Crippen LogP contribution in [0.1, 0.15) is 26.3 Å². The summed E-state index contributed by atoms with van der Waals surface area (Å²) in [6.45, 7) is -0.570. The van der Waals surface area contributed by atoms with E-state index in [-0.39, 0.29) is 17.5 Å². The summed E-state index contributed by atoms with van der Waals surface area (Å²) >= 11 is 0. The van der Waals surface area contributed by atoms with Crippen LogP contribution in [0.2, 0.25) is 0 Å². The number of nitrogens with one attached hydrogen (secondary N) is 1. The van der Waals surface area contributed by atoms with Gasteiger partial charge in [0.15, 0.2) is 6.61 Å². The van der Waals surface area contributed by atoms with Crippen molar-refractivity contribution in [3.63, 3.8) is 0 Å². The number of amides is 3. The summed E-state index contributed by atoms with van der Waals surface area (Å²) in [6.07, 6.45) is 0.0608. The Bertz CT molecular complexity index is 1190. The molecule has 1 aliphatic rings. The van der Waals surface area contributed by atoms with Crippen LogP contribution in [0.15, 0.2) is 78.9 Å². The first-order valence-corrected chi connectivity index (χ1v) is 10.6. The zero-order valence-electron chi connectivity index (χ0n) is 18.4. The molecule has 0 saturated heterocycles. The lowest BCUT2D eigenvalue weighted by Gasteiger charge is -2.24. The number of imide groups is 1. The number of carbonyl (C=O) groups is 4. The minimum absolute atomic E-state index is 0.0608. The van der Waals surface area contributed by atoms with Gasteiger partial charge in [0.1, 0.15) is 11.8 Å². The number of carbonyl (C=O) groups excluding carboxylic acids is 4. The van der Waals surface area contributed by atoms with Crippen molar-refractivity contribution >= 4 is 29.4 Å². The van der Waals surface area contributed by atoms with Crippen molar-refractivity contribution < 1.29 is 28.7 Å². The molecule has 34 heavy (non-hydrogen) atoms. The molecule has 1 aliphatic heterocycles. The topological polar surface area (TPSA) is 102 Å². The van der Waals surface area contributed by atoms with Crippen molar-refractivity contribution in [2.75, 3.05) is 19.0 Å². The maximum atomic E-state index is 13.1. The quantitative estimate of drug-likeness (QED) is 0.411. The number of nitrogens with zero attached hydrogens (tertiary/aromatic N) is 1. The highest BCUT2D eigenvalue weighted by Gasteiger charge is 2.43. The monoisotopic (exact) mass is 458 g/mol. The van der Waals surface area contributed by atoms with Crippen LogP contribution in [0.4, 0.5) is 5.69 Å². The van der Waals surface area contributed by atoms with Crippen molar-refractivity contribution in [1.29, 1.82) is 0 Å². The van der Waals surface area contributed by atoms with Gasteiger partial charge in [-0.1, -0.05) is 42.5 Å². The number of benzene rings is 3. The second-order valence-electron chi connectivity index (χ2n) is 7.62. The molecular formula is C26H22N2O6. The average Bonchev–Trinajstić information content (AvgIpc) is 3.12. The van der Waals surface area contributed by atoms with E-state index in [9.17, 15) is 19.2 Å². The molecule has 0 unspecified atom stereocenters. The number of ether oxygens (including phenoxy) is 2. The van der Waals surface area contributed by atoms with E-state index in [1.54, 1.807) is 72.8 Å².